The molecule has 0 aliphatic heterocycles. The van der Waals surface area contributed by atoms with Crippen LogP contribution in [0.3, 0.4) is 0 Å². The molecule has 0 radical (unpaired) electrons. The molecule has 0 aliphatic rings. The molecule has 0 fully saturated rings. The van der Waals surface area contributed by atoms with Gasteiger partial charge in [0.15, 0.2) is 0 Å². The van der Waals surface area contributed by atoms with E-state index in [1.165, 1.54) is 3.57 Å². The van der Waals surface area contributed by atoms with Crippen LogP contribution in [0, 0.1) is 3.57 Å². The van der Waals surface area contributed by atoms with Gasteiger partial charge in [0.05, 0.1) is 12.2 Å². The molecule has 2 aromatic heterocycles. The summed E-state index contributed by atoms with van der Waals surface area (Å²) in [6.07, 6.45) is 5.88. The van der Waals surface area contributed by atoms with Crippen LogP contribution in [0.1, 0.15) is 25.6 Å². The van der Waals surface area contributed by atoms with Crippen LogP contribution >= 0.6 is 22.6 Å². The van der Waals surface area contributed by atoms with Gasteiger partial charge < -0.3 is 4.57 Å². The first-order chi connectivity index (χ1) is 10.1. The average Bonchev–Trinajstić information content (AvgIpc) is 3.08. The molecule has 108 valence electrons. The fourth-order valence-corrected chi connectivity index (χ4v) is 2.79. The van der Waals surface area contributed by atoms with E-state index < -0.39 is 0 Å². The number of hydrogen-bond donors (Lipinski definition) is 0. The Bertz CT molecular complexity index is 742. The highest BCUT2D eigenvalue weighted by Crippen LogP contribution is 2.20. The van der Waals surface area contributed by atoms with Crippen molar-refractivity contribution in [2.24, 2.45) is 0 Å². The number of aromatic nitrogens is 4. The summed E-state index contributed by atoms with van der Waals surface area (Å²) in [6.45, 7) is 5.00. The Morgan fingerprint density at radius 2 is 2.05 bits per heavy atom. The van der Waals surface area contributed by atoms with E-state index in [1.54, 1.807) is 0 Å². The lowest BCUT2D eigenvalue weighted by Gasteiger charge is -2.07. The van der Waals surface area contributed by atoms with Crippen molar-refractivity contribution in [2.45, 2.75) is 26.4 Å². The molecule has 5 heteroatoms. The third-order valence-electron chi connectivity index (χ3n) is 3.32. The molecule has 0 saturated heterocycles. The molecule has 0 spiro atoms. The predicted molar refractivity (Wildman–Crippen MR) is 92.1 cm³/mol. The minimum atomic E-state index is 0.386. The van der Waals surface area contributed by atoms with Gasteiger partial charge in [-0.05, 0) is 54.6 Å². The number of nitrogens with zero attached hydrogens (tertiary/aromatic N) is 4. The minimum absolute atomic E-state index is 0.386. The minimum Gasteiger partial charge on any atom is -0.325 e. The second-order valence-electron chi connectivity index (χ2n) is 5.27. The summed E-state index contributed by atoms with van der Waals surface area (Å²) in [5.41, 5.74) is 2.18. The Morgan fingerprint density at radius 1 is 1.19 bits per heavy atom. The Balaban J connectivity index is 1.88. The normalized spacial score (nSPS) is 11.2. The number of rotatable bonds is 4. The summed E-state index contributed by atoms with van der Waals surface area (Å²) in [5, 5.41) is 4.60. The molecule has 2 heterocycles. The van der Waals surface area contributed by atoms with E-state index in [-0.39, 0.29) is 0 Å². The maximum absolute atomic E-state index is 4.60. The molecule has 0 unspecified atom stereocenters. The first-order valence-electron chi connectivity index (χ1n) is 6.94. The van der Waals surface area contributed by atoms with Crippen LogP contribution in [0.15, 0.2) is 48.9 Å². The van der Waals surface area contributed by atoms with E-state index in [4.69, 9.17) is 0 Å². The molecule has 0 N–H and O–H groups in total. The van der Waals surface area contributed by atoms with Crippen molar-refractivity contribution in [3.8, 4) is 11.4 Å². The monoisotopic (exact) mass is 392 g/mol. The van der Waals surface area contributed by atoms with Gasteiger partial charge in [0.25, 0.3) is 0 Å². The first kappa shape index (κ1) is 14.3. The molecule has 1 aromatic carbocycles. The third-order valence-corrected chi connectivity index (χ3v) is 3.99. The average molecular weight is 392 g/mol. The summed E-state index contributed by atoms with van der Waals surface area (Å²) in [5.74, 6) is 0.979. The Kier molecular flexibility index (Phi) is 4.10. The van der Waals surface area contributed by atoms with E-state index in [0.717, 1.165) is 23.6 Å². The van der Waals surface area contributed by atoms with Crippen molar-refractivity contribution in [3.63, 3.8) is 0 Å². The molecule has 4 nitrogen and oxygen atoms in total. The van der Waals surface area contributed by atoms with Gasteiger partial charge >= 0.3 is 0 Å². The zero-order valence-corrected chi connectivity index (χ0v) is 14.2. The van der Waals surface area contributed by atoms with E-state index >= 15 is 0 Å². The zero-order valence-electron chi connectivity index (χ0n) is 12.1. The molecule has 0 atom stereocenters. The SMILES string of the molecule is CC(C)n1ccc(Cn2ccnc2-c2cccc(I)c2)n1. The lowest BCUT2D eigenvalue weighted by atomic mass is 10.2. The summed E-state index contributed by atoms with van der Waals surface area (Å²) in [7, 11) is 0. The summed E-state index contributed by atoms with van der Waals surface area (Å²) in [6, 6.07) is 10.8. The van der Waals surface area contributed by atoms with Crippen molar-refractivity contribution in [1.82, 2.24) is 19.3 Å². The standard InChI is InChI=1S/C16H17IN4/c1-12(2)21-8-6-15(19-21)11-20-9-7-18-16(20)13-4-3-5-14(17)10-13/h3-10,12H,11H2,1-2H3. The van der Waals surface area contributed by atoms with Crippen molar-refractivity contribution < 1.29 is 0 Å². The van der Waals surface area contributed by atoms with Crippen LogP contribution in [0.2, 0.25) is 0 Å². The molecule has 0 amide bonds. The molecular weight excluding hydrogens is 375 g/mol. The van der Waals surface area contributed by atoms with E-state index in [2.05, 4.69) is 81.4 Å². The lowest BCUT2D eigenvalue weighted by Crippen LogP contribution is -2.05. The highest BCUT2D eigenvalue weighted by atomic mass is 127. The smallest absolute Gasteiger partial charge is 0.140 e. The molecule has 0 bridgehead atoms. The fourth-order valence-electron chi connectivity index (χ4n) is 2.25. The van der Waals surface area contributed by atoms with Gasteiger partial charge in [0.1, 0.15) is 5.82 Å². The second-order valence-corrected chi connectivity index (χ2v) is 6.52. The van der Waals surface area contributed by atoms with Gasteiger partial charge in [-0.25, -0.2) is 4.98 Å². The van der Waals surface area contributed by atoms with Crippen molar-refractivity contribution in [3.05, 3.63) is 58.2 Å². The first-order valence-corrected chi connectivity index (χ1v) is 8.02. The summed E-state index contributed by atoms with van der Waals surface area (Å²) >= 11 is 2.32. The highest BCUT2D eigenvalue weighted by Gasteiger charge is 2.09. The molecule has 0 aliphatic carbocycles. The topological polar surface area (TPSA) is 35.6 Å². The number of imidazole rings is 1. The Morgan fingerprint density at radius 3 is 2.76 bits per heavy atom. The molecule has 3 aromatic rings. The van der Waals surface area contributed by atoms with Crippen LogP contribution in [0.5, 0.6) is 0 Å². The van der Waals surface area contributed by atoms with Crippen molar-refractivity contribution in [1.29, 1.82) is 0 Å². The highest BCUT2D eigenvalue weighted by molar-refractivity contribution is 14.1. The van der Waals surface area contributed by atoms with Gasteiger partial charge in [-0.15, -0.1) is 0 Å². The van der Waals surface area contributed by atoms with Crippen molar-refractivity contribution in [2.75, 3.05) is 0 Å². The van der Waals surface area contributed by atoms with Gasteiger partial charge in [-0.3, -0.25) is 4.68 Å². The van der Waals surface area contributed by atoms with E-state index in [9.17, 15) is 0 Å². The number of benzene rings is 1. The van der Waals surface area contributed by atoms with Gasteiger partial charge in [0, 0.05) is 33.8 Å². The quantitative estimate of drug-likeness (QED) is 0.630. The van der Waals surface area contributed by atoms with Crippen LogP contribution in [0.4, 0.5) is 0 Å². The lowest BCUT2D eigenvalue weighted by molar-refractivity contribution is 0.524. The molecule has 0 saturated carbocycles. The van der Waals surface area contributed by atoms with Crippen LogP contribution in [-0.2, 0) is 6.54 Å². The number of halogens is 1. The summed E-state index contributed by atoms with van der Waals surface area (Å²) in [4.78, 5) is 4.49. The van der Waals surface area contributed by atoms with Crippen LogP contribution in [-0.4, -0.2) is 19.3 Å². The van der Waals surface area contributed by atoms with Gasteiger partial charge in [-0.2, -0.15) is 5.10 Å². The van der Waals surface area contributed by atoms with E-state index in [1.807, 2.05) is 23.3 Å². The predicted octanol–water partition coefficient (Wildman–Crippen LogP) is 3.98. The maximum atomic E-state index is 4.60. The van der Waals surface area contributed by atoms with Crippen molar-refractivity contribution >= 4 is 22.6 Å². The van der Waals surface area contributed by atoms with Crippen LogP contribution in [0.25, 0.3) is 11.4 Å². The van der Waals surface area contributed by atoms with Crippen LogP contribution < -0.4 is 0 Å². The maximum Gasteiger partial charge on any atom is 0.140 e. The second kappa shape index (κ2) is 6.01. The number of hydrogen-bond acceptors (Lipinski definition) is 2. The fraction of sp³-hybridized carbons (Fsp3) is 0.250. The molecule has 3 rings (SSSR count). The Labute approximate surface area is 138 Å². The summed E-state index contributed by atoms with van der Waals surface area (Å²) < 4.78 is 5.33. The molecule has 21 heavy (non-hydrogen) atoms. The molecular formula is C16H17IN4. The van der Waals surface area contributed by atoms with Gasteiger partial charge in [0.2, 0.25) is 0 Å². The largest absolute Gasteiger partial charge is 0.325 e. The van der Waals surface area contributed by atoms with Gasteiger partial charge in [-0.1, -0.05) is 12.1 Å². The Hall–Kier alpha value is -1.63. The van der Waals surface area contributed by atoms with E-state index in [0.29, 0.717) is 6.04 Å². The third kappa shape index (κ3) is 3.18. The zero-order chi connectivity index (χ0) is 14.8.